The number of rotatable bonds is 6. The number of halogens is 3. The number of alkyl halides is 3. The molecule has 7 nitrogen and oxygen atoms in total. The largest absolute Gasteiger partial charge is 0.478 e. The SMILES string of the molecule is O=C(O)c1ccc2c(c1)C=C(NS(=O)(=O)c1cc(S(=O)(=O)c3ccccc3)ccc1C(F)(F)F)C2. The first-order valence-corrected chi connectivity index (χ1v) is 12.9. The van der Waals surface area contributed by atoms with Crippen molar-refractivity contribution in [2.75, 3.05) is 0 Å². The Bertz CT molecular complexity index is 1580. The predicted molar refractivity (Wildman–Crippen MR) is 119 cm³/mol. The van der Waals surface area contributed by atoms with E-state index in [1.54, 1.807) is 6.07 Å². The van der Waals surface area contributed by atoms with Gasteiger partial charge in [-0.15, -0.1) is 0 Å². The molecule has 182 valence electrons. The van der Waals surface area contributed by atoms with Gasteiger partial charge in [-0.05, 0) is 59.7 Å². The average molecular weight is 524 g/mol. The normalized spacial score (nSPS) is 13.7. The van der Waals surface area contributed by atoms with E-state index in [0.717, 1.165) is 0 Å². The standard InChI is InChI=1S/C23H16F3NO6S2/c24-23(25,26)20-9-8-19(34(30,31)18-4-2-1-3-5-18)13-21(20)35(32,33)27-17-11-14-6-7-15(22(28)29)10-16(14)12-17/h1-10,12-13,27H,11H2,(H,28,29). The third-order valence-corrected chi connectivity index (χ3v) is 8.50. The molecule has 0 aromatic heterocycles. The predicted octanol–water partition coefficient (Wildman–Crippen LogP) is 4.11. The van der Waals surface area contributed by atoms with Gasteiger partial charge in [-0.1, -0.05) is 24.3 Å². The van der Waals surface area contributed by atoms with E-state index in [1.165, 1.54) is 48.5 Å². The zero-order valence-electron chi connectivity index (χ0n) is 17.6. The maximum atomic E-state index is 13.7. The smallest absolute Gasteiger partial charge is 0.417 e. The highest BCUT2D eigenvalue weighted by molar-refractivity contribution is 7.91. The molecular weight excluding hydrogens is 507 g/mol. The van der Waals surface area contributed by atoms with Crippen LogP contribution in [0, 0.1) is 0 Å². The number of carboxylic acid groups (broad SMARTS) is 1. The van der Waals surface area contributed by atoms with Gasteiger partial charge in [-0.2, -0.15) is 13.2 Å². The third-order valence-electron chi connectivity index (χ3n) is 5.28. The number of sulfone groups is 1. The first-order chi connectivity index (χ1) is 16.3. The number of nitrogens with one attached hydrogen (secondary N) is 1. The first kappa shape index (κ1) is 24.5. The zero-order valence-corrected chi connectivity index (χ0v) is 19.2. The number of benzene rings is 3. The second kappa shape index (κ2) is 8.54. The summed E-state index contributed by atoms with van der Waals surface area (Å²) >= 11 is 0. The van der Waals surface area contributed by atoms with Gasteiger partial charge in [0.2, 0.25) is 9.84 Å². The summed E-state index contributed by atoms with van der Waals surface area (Å²) in [5.74, 6) is -1.19. The van der Waals surface area contributed by atoms with Gasteiger partial charge >= 0.3 is 12.1 Å². The van der Waals surface area contributed by atoms with E-state index in [0.29, 0.717) is 29.3 Å². The summed E-state index contributed by atoms with van der Waals surface area (Å²) in [5.41, 5.74) is -0.584. The molecule has 2 N–H and O–H groups in total. The molecule has 0 aliphatic heterocycles. The molecule has 1 aliphatic rings. The Kier molecular flexibility index (Phi) is 5.97. The van der Waals surface area contributed by atoms with Crippen molar-refractivity contribution >= 4 is 31.9 Å². The van der Waals surface area contributed by atoms with Gasteiger partial charge < -0.3 is 5.11 Å². The zero-order chi connectivity index (χ0) is 25.6. The molecular formula is C23H16F3NO6S2. The average Bonchev–Trinajstić information content (AvgIpc) is 3.19. The molecule has 0 heterocycles. The van der Waals surface area contributed by atoms with Gasteiger partial charge in [0, 0.05) is 12.1 Å². The molecule has 4 rings (SSSR count). The molecule has 0 fully saturated rings. The van der Waals surface area contributed by atoms with Crippen LogP contribution in [-0.2, 0) is 32.5 Å². The molecule has 35 heavy (non-hydrogen) atoms. The van der Waals surface area contributed by atoms with Crippen molar-refractivity contribution in [1.29, 1.82) is 0 Å². The van der Waals surface area contributed by atoms with E-state index in [1.807, 2.05) is 0 Å². The monoisotopic (exact) mass is 523 g/mol. The third kappa shape index (κ3) is 4.80. The Morgan fingerprint density at radius 3 is 2.20 bits per heavy atom. The fraction of sp³-hybridized carbons (Fsp3) is 0.0870. The van der Waals surface area contributed by atoms with Crippen molar-refractivity contribution < 1.29 is 39.9 Å². The Labute approximate surface area is 198 Å². The van der Waals surface area contributed by atoms with Crippen molar-refractivity contribution in [1.82, 2.24) is 4.72 Å². The number of hydrogen-bond acceptors (Lipinski definition) is 5. The Morgan fingerprint density at radius 2 is 1.57 bits per heavy atom. The van der Waals surface area contributed by atoms with E-state index >= 15 is 0 Å². The van der Waals surface area contributed by atoms with Crippen LogP contribution >= 0.6 is 0 Å². The van der Waals surface area contributed by atoms with Crippen LogP contribution in [-0.4, -0.2) is 27.9 Å². The molecule has 1 aliphatic carbocycles. The minimum atomic E-state index is -5.08. The maximum absolute atomic E-state index is 13.7. The number of allylic oxidation sites excluding steroid dienone is 1. The van der Waals surface area contributed by atoms with E-state index in [9.17, 15) is 34.8 Å². The molecule has 0 saturated heterocycles. The number of carboxylic acids is 1. The molecule has 3 aromatic rings. The van der Waals surface area contributed by atoms with Gasteiger partial charge in [0.25, 0.3) is 10.0 Å². The lowest BCUT2D eigenvalue weighted by molar-refractivity contribution is -0.139. The van der Waals surface area contributed by atoms with Crippen molar-refractivity contribution in [3.8, 4) is 0 Å². The highest BCUT2D eigenvalue weighted by atomic mass is 32.2. The number of hydrogen-bond donors (Lipinski definition) is 2. The van der Waals surface area contributed by atoms with Crippen molar-refractivity contribution in [2.24, 2.45) is 0 Å². The van der Waals surface area contributed by atoms with Gasteiger partial charge in [0.15, 0.2) is 0 Å². The summed E-state index contributed by atoms with van der Waals surface area (Å²) in [6.07, 6.45) is -3.77. The quantitative estimate of drug-likeness (QED) is 0.502. The second-order valence-corrected chi connectivity index (χ2v) is 11.2. The fourth-order valence-corrected chi connectivity index (χ4v) is 6.35. The minimum absolute atomic E-state index is 0.00216. The van der Waals surface area contributed by atoms with Crippen LogP contribution in [0.3, 0.4) is 0 Å². The Balaban J connectivity index is 1.76. The summed E-state index contributed by atoms with van der Waals surface area (Å²) < 4.78 is 95.0. The van der Waals surface area contributed by atoms with Crippen LogP contribution in [0.1, 0.15) is 27.0 Å². The Hall–Kier alpha value is -3.64. The van der Waals surface area contributed by atoms with Gasteiger partial charge in [-0.25, -0.2) is 21.6 Å². The van der Waals surface area contributed by atoms with Crippen molar-refractivity contribution in [3.63, 3.8) is 0 Å². The number of sulfonamides is 1. The van der Waals surface area contributed by atoms with Gasteiger partial charge in [0.1, 0.15) is 4.90 Å². The van der Waals surface area contributed by atoms with E-state index in [-0.39, 0.29) is 22.6 Å². The van der Waals surface area contributed by atoms with Crippen LogP contribution in [0.4, 0.5) is 13.2 Å². The van der Waals surface area contributed by atoms with Crippen molar-refractivity contribution in [2.45, 2.75) is 27.3 Å². The van der Waals surface area contributed by atoms with E-state index in [2.05, 4.69) is 4.72 Å². The highest BCUT2D eigenvalue weighted by Crippen LogP contribution is 2.37. The number of aromatic carboxylic acids is 1. The van der Waals surface area contributed by atoms with Crippen LogP contribution in [0.15, 0.2) is 87.1 Å². The van der Waals surface area contributed by atoms with Crippen molar-refractivity contribution in [3.05, 3.63) is 94.7 Å². The number of fused-ring (bicyclic) bond motifs is 1. The van der Waals surface area contributed by atoms with Crippen LogP contribution < -0.4 is 4.72 Å². The van der Waals surface area contributed by atoms with Crippen LogP contribution in [0.5, 0.6) is 0 Å². The Morgan fingerprint density at radius 1 is 0.886 bits per heavy atom. The topological polar surface area (TPSA) is 118 Å². The lowest BCUT2D eigenvalue weighted by atomic mass is 10.1. The molecule has 0 saturated carbocycles. The molecule has 0 atom stereocenters. The van der Waals surface area contributed by atoms with Crippen LogP contribution in [0.2, 0.25) is 0 Å². The van der Waals surface area contributed by atoms with Gasteiger partial charge in [-0.3, -0.25) is 4.72 Å². The molecule has 3 aromatic carbocycles. The van der Waals surface area contributed by atoms with Crippen LogP contribution in [0.25, 0.3) is 6.08 Å². The summed E-state index contributed by atoms with van der Waals surface area (Å²) in [6.45, 7) is 0. The summed E-state index contributed by atoms with van der Waals surface area (Å²) in [6, 6.07) is 12.6. The fourth-order valence-electron chi connectivity index (χ4n) is 3.62. The lowest BCUT2D eigenvalue weighted by Gasteiger charge is -2.16. The lowest BCUT2D eigenvalue weighted by Crippen LogP contribution is -2.26. The highest BCUT2D eigenvalue weighted by Gasteiger charge is 2.38. The first-order valence-electron chi connectivity index (χ1n) is 9.90. The minimum Gasteiger partial charge on any atom is -0.478 e. The molecule has 12 heteroatoms. The summed E-state index contributed by atoms with van der Waals surface area (Å²) in [4.78, 5) is 9.08. The molecule has 0 amide bonds. The summed E-state index contributed by atoms with van der Waals surface area (Å²) in [7, 11) is -9.18. The van der Waals surface area contributed by atoms with E-state index < -0.39 is 47.4 Å². The molecule has 0 bridgehead atoms. The van der Waals surface area contributed by atoms with Gasteiger partial charge in [0.05, 0.1) is 20.9 Å². The second-order valence-electron chi connectivity index (χ2n) is 7.64. The molecule has 0 unspecified atom stereocenters. The maximum Gasteiger partial charge on any atom is 0.417 e. The number of carbonyl (C=O) groups is 1. The molecule has 0 radical (unpaired) electrons. The van der Waals surface area contributed by atoms with E-state index in [4.69, 9.17) is 5.11 Å². The molecule has 0 spiro atoms. The summed E-state index contributed by atoms with van der Waals surface area (Å²) in [5, 5.41) is 9.11.